The summed E-state index contributed by atoms with van der Waals surface area (Å²) in [6, 6.07) is 12.2. The second-order valence-electron chi connectivity index (χ2n) is 9.13. The minimum atomic E-state index is -0.825. The lowest BCUT2D eigenvalue weighted by molar-refractivity contribution is 0.0788. The number of aromatic nitrogens is 2. The Balaban J connectivity index is 1.77. The topological polar surface area (TPSA) is 68.6 Å². The zero-order valence-corrected chi connectivity index (χ0v) is 20.8. The van der Waals surface area contributed by atoms with Crippen molar-refractivity contribution in [3.05, 3.63) is 71.4 Å². The predicted octanol–water partition coefficient (Wildman–Crippen LogP) is 5.60. The number of carbonyl (C=O) groups is 1. The van der Waals surface area contributed by atoms with Gasteiger partial charge < -0.3 is 19.7 Å². The lowest BCUT2D eigenvalue weighted by Gasteiger charge is -2.27. The highest BCUT2D eigenvalue weighted by Crippen LogP contribution is 2.34. The van der Waals surface area contributed by atoms with Crippen LogP contribution in [0.2, 0.25) is 0 Å². The van der Waals surface area contributed by atoms with Crippen molar-refractivity contribution in [3.8, 4) is 17.3 Å². The fourth-order valence-electron chi connectivity index (χ4n) is 4.21. The minimum Gasteiger partial charge on any atom is -0.435 e. The number of hydrogen-bond donors (Lipinski definition) is 1. The average Bonchev–Trinajstić information content (AvgIpc) is 3.48. The van der Waals surface area contributed by atoms with E-state index in [1.807, 2.05) is 51.1 Å². The van der Waals surface area contributed by atoms with E-state index >= 15 is 0 Å². The monoisotopic (exact) mass is 498 g/mol. The van der Waals surface area contributed by atoms with E-state index in [1.54, 1.807) is 9.58 Å². The second-order valence-corrected chi connectivity index (χ2v) is 9.13. The van der Waals surface area contributed by atoms with Crippen LogP contribution in [-0.4, -0.2) is 46.0 Å². The number of aryl methyl sites for hydroxylation is 1. The van der Waals surface area contributed by atoms with Gasteiger partial charge in [0.25, 0.3) is 0 Å². The van der Waals surface area contributed by atoms with Crippen LogP contribution in [0.25, 0.3) is 5.69 Å². The maximum atomic E-state index is 14.6. The highest BCUT2D eigenvalue weighted by atomic mass is 19.1. The Labute approximate surface area is 210 Å². The Morgan fingerprint density at radius 2 is 2.03 bits per heavy atom. The molecule has 0 saturated carbocycles. The van der Waals surface area contributed by atoms with Gasteiger partial charge in [0.05, 0.1) is 29.6 Å². The summed E-state index contributed by atoms with van der Waals surface area (Å²) in [5.74, 6) is -1.37. The molecule has 0 aliphatic carbocycles. The summed E-state index contributed by atoms with van der Waals surface area (Å²) in [4.78, 5) is 14.9. The molecule has 1 saturated heterocycles. The zero-order chi connectivity index (χ0) is 25.7. The van der Waals surface area contributed by atoms with Crippen LogP contribution < -0.4 is 10.1 Å². The molecule has 1 unspecified atom stereocenters. The molecule has 1 aromatic heterocycles. The average molecular weight is 499 g/mol. The molecule has 2 heterocycles. The van der Waals surface area contributed by atoms with E-state index in [9.17, 15) is 13.6 Å². The molecule has 9 heteroatoms. The molecule has 2 amide bonds. The molecular formula is C27H32F2N4O3. The van der Waals surface area contributed by atoms with E-state index in [4.69, 9.17) is 14.6 Å². The van der Waals surface area contributed by atoms with Gasteiger partial charge in [-0.25, -0.2) is 18.3 Å². The van der Waals surface area contributed by atoms with Gasteiger partial charge in [-0.2, -0.15) is 5.10 Å². The van der Waals surface area contributed by atoms with Gasteiger partial charge in [0.15, 0.2) is 11.6 Å². The number of nitrogens with zero attached hydrogens (tertiary/aromatic N) is 3. The molecule has 1 N–H and O–H groups in total. The Bertz CT molecular complexity index is 1180. The first kappa shape index (κ1) is 25.6. The number of halogens is 2. The third-order valence-corrected chi connectivity index (χ3v) is 5.95. The minimum absolute atomic E-state index is 0.0498. The van der Waals surface area contributed by atoms with E-state index in [0.29, 0.717) is 36.5 Å². The molecule has 2 aromatic carbocycles. The number of ether oxygens (including phenoxy) is 2. The standard InChI is InChI=1S/C27H32F2N4O3/c1-4-24-22(17-32(27(34)30-18(2)3)16-21-11-8-14-35-21)26(33(31-24)20-9-6-5-7-10-20)36-25-13-12-19(28)15-23(25)29/h5-7,9-10,12-13,15,18,21H,4,8,11,14,16-17H2,1-3H3,(H,30,34). The van der Waals surface area contributed by atoms with Crippen LogP contribution in [0.5, 0.6) is 11.6 Å². The number of hydrogen-bond acceptors (Lipinski definition) is 4. The predicted molar refractivity (Wildman–Crippen MR) is 132 cm³/mol. The molecule has 1 aliphatic rings. The third kappa shape index (κ3) is 6.02. The Morgan fingerprint density at radius 1 is 1.25 bits per heavy atom. The summed E-state index contributed by atoms with van der Waals surface area (Å²) in [7, 11) is 0. The van der Waals surface area contributed by atoms with Gasteiger partial charge >= 0.3 is 6.03 Å². The molecule has 192 valence electrons. The second kappa shape index (κ2) is 11.5. The number of rotatable bonds is 9. The number of para-hydroxylation sites is 1. The van der Waals surface area contributed by atoms with Crippen LogP contribution in [0.15, 0.2) is 48.5 Å². The van der Waals surface area contributed by atoms with Crippen LogP contribution in [0.3, 0.4) is 0 Å². The largest absolute Gasteiger partial charge is 0.435 e. The number of carbonyl (C=O) groups excluding carboxylic acids is 1. The highest BCUT2D eigenvalue weighted by Gasteiger charge is 2.28. The number of urea groups is 1. The van der Waals surface area contributed by atoms with E-state index in [1.165, 1.54) is 6.07 Å². The van der Waals surface area contributed by atoms with Crippen molar-refractivity contribution in [1.82, 2.24) is 20.0 Å². The molecule has 4 rings (SSSR count). The SMILES string of the molecule is CCc1nn(-c2ccccc2)c(Oc2ccc(F)cc2F)c1CN(CC1CCCO1)C(=O)NC(C)C. The summed E-state index contributed by atoms with van der Waals surface area (Å²) in [6.45, 7) is 7.03. The first-order chi connectivity index (χ1) is 17.4. The van der Waals surface area contributed by atoms with Crippen LogP contribution in [0.1, 0.15) is 44.9 Å². The Kier molecular flexibility index (Phi) is 8.20. The van der Waals surface area contributed by atoms with Gasteiger partial charge in [-0.05, 0) is 57.4 Å². The maximum absolute atomic E-state index is 14.6. The van der Waals surface area contributed by atoms with Crippen LogP contribution in [-0.2, 0) is 17.7 Å². The van der Waals surface area contributed by atoms with Gasteiger partial charge in [0, 0.05) is 25.3 Å². The van der Waals surface area contributed by atoms with Crippen molar-refractivity contribution in [2.45, 2.75) is 58.7 Å². The molecule has 3 aromatic rings. The van der Waals surface area contributed by atoms with Crippen molar-refractivity contribution in [2.75, 3.05) is 13.2 Å². The van der Waals surface area contributed by atoms with Crippen molar-refractivity contribution in [1.29, 1.82) is 0 Å². The van der Waals surface area contributed by atoms with Crippen molar-refractivity contribution in [3.63, 3.8) is 0 Å². The van der Waals surface area contributed by atoms with Crippen LogP contribution in [0, 0.1) is 11.6 Å². The lowest BCUT2D eigenvalue weighted by Crippen LogP contribution is -2.45. The van der Waals surface area contributed by atoms with Crippen molar-refractivity contribution >= 4 is 6.03 Å². The van der Waals surface area contributed by atoms with Gasteiger partial charge in [-0.3, -0.25) is 0 Å². The fraction of sp³-hybridized carbons (Fsp3) is 0.407. The van der Waals surface area contributed by atoms with E-state index in [0.717, 1.165) is 25.0 Å². The maximum Gasteiger partial charge on any atom is 0.317 e. The first-order valence-electron chi connectivity index (χ1n) is 12.3. The molecule has 0 spiro atoms. The first-order valence-corrected chi connectivity index (χ1v) is 12.3. The molecule has 1 atom stereocenters. The molecule has 1 fully saturated rings. The van der Waals surface area contributed by atoms with Crippen molar-refractivity contribution in [2.24, 2.45) is 0 Å². The number of amides is 2. The molecule has 0 bridgehead atoms. The summed E-state index contributed by atoms with van der Waals surface area (Å²) in [6.07, 6.45) is 2.33. The summed E-state index contributed by atoms with van der Waals surface area (Å²) in [5, 5.41) is 7.71. The van der Waals surface area contributed by atoms with Crippen LogP contribution in [0.4, 0.5) is 13.6 Å². The normalized spacial score (nSPS) is 15.3. The molecule has 0 radical (unpaired) electrons. The molecule has 36 heavy (non-hydrogen) atoms. The third-order valence-electron chi connectivity index (χ3n) is 5.95. The van der Waals surface area contributed by atoms with Crippen LogP contribution >= 0.6 is 0 Å². The highest BCUT2D eigenvalue weighted by molar-refractivity contribution is 5.74. The molecule has 1 aliphatic heterocycles. The number of nitrogens with one attached hydrogen (secondary N) is 1. The zero-order valence-electron chi connectivity index (χ0n) is 20.8. The van der Waals surface area contributed by atoms with Crippen molar-refractivity contribution < 1.29 is 23.0 Å². The quantitative estimate of drug-likeness (QED) is 0.417. The van der Waals surface area contributed by atoms with Gasteiger partial charge in [-0.15, -0.1) is 0 Å². The van der Waals surface area contributed by atoms with E-state index in [-0.39, 0.29) is 36.4 Å². The van der Waals surface area contributed by atoms with E-state index < -0.39 is 11.6 Å². The Hall–Kier alpha value is -3.46. The summed E-state index contributed by atoms with van der Waals surface area (Å²) in [5.41, 5.74) is 2.08. The summed E-state index contributed by atoms with van der Waals surface area (Å²) < 4.78 is 41.6. The fourth-order valence-corrected chi connectivity index (χ4v) is 4.21. The smallest absolute Gasteiger partial charge is 0.317 e. The van der Waals surface area contributed by atoms with E-state index in [2.05, 4.69) is 5.32 Å². The molecular weight excluding hydrogens is 466 g/mol. The molecule has 7 nitrogen and oxygen atoms in total. The van der Waals surface area contributed by atoms with Gasteiger partial charge in [-0.1, -0.05) is 25.1 Å². The Morgan fingerprint density at radius 3 is 2.67 bits per heavy atom. The number of benzene rings is 2. The van der Waals surface area contributed by atoms with Gasteiger partial charge in [0.2, 0.25) is 5.88 Å². The van der Waals surface area contributed by atoms with Gasteiger partial charge in [0.1, 0.15) is 5.82 Å². The lowest BCUT2D eigenvalue weighted by atomic mass is 10.1. The summed E-state index contributed by atoms with van der Waals surface area (Å²) >= 11 is 0.